The molecule has 4 nitrogen and oxygen atoms in total. The van der Waals surface area contributed by atoms with Gasteiger partial charge in [-0.15, -0.1) is 11.8 Å². The van der Waals surface area contributed by atoms with E-state index in [0.29, 0.717) is 23.2 Å². The van der Waals surface area contributed by atoms with Gasteiger partial charge in [0.15, 0.2) is 0 Å². The van der Waals surface area contributed by atoms with Gasteiger partial charge in [-0.3, -0.25) is 0 Å². The van der Waals surface area contributed by atoms with Gasteiger partial charge in [0, 0.05) is 23.2 Å². The molecular weight excluding hydrogens is 380 g/mol. The van der Waals surface area contributed by atoms with Crippen molar-refractivity contribution in [2.24, 2.45) is 7.05 Å². The Balaban J connectivity index is 2.16. The van der Waals surface area contributed by atoms with Gasteiger partial charge in [0.2, 0.25) is 0 Å². The molecule has 0 spiro atoms. The molecule has 0 saturated carbocycles. The molecule has 5 heteroatoms. The van der Waals surface area contributed by atoms with E-state index < -0.39 is 5.97 Å². The maximum Gasteiger partial charge on any atom is 0.355 e. The number of benzene rings is 2. The Hall–Kier alpha value is -2.97. The van der Waals surface area contributed by atoms with Gasteiger partial charge in [0.1, 0.15) is 11.8 Å². The highest BCUT2D eigenvalue weighted by atomic mass is 32.2. The first-order chi connectivity index (χ1) is 14.1. The van der Waals surface area contributed by atoms with Gasteiger partial charge in [-0.1, -0.05) is 49.4 Å². The lowest BCUT2D eigenvalue weighted by atomic mass is 9.97. The van der Waals surface area contributed by atoms with Crippen LogP contribution in [0.3, 0.4) is 0 Å². The van der Waals surface area contributed by atoms with Gasteiger partial charge in [-0.05, 0) is 42.4 Å². The molecule has 0 unspecified atom stereocenters. The summed E-state index contributed by atoms with van der Waals surface area (Å²) in [7, 11) is 1.82. The second-order valence-corrected chi connectivity index (χ2v) is 7.42. The highest BCUT2D eigenvalue weighted by Gasteiger charge is 2.26. The van der Waals surface area contributed by atoms with Crippen LogP contribution < -0.4 is 0 Å². The van der Waals surface area contributed by atoms with Crippen molar-refractivity contribution in [2.75, 3.05) is 12.9 Å². The van der Waals surface area contributed by atoms with E-state index in [-0.39, 0.29) is 6.61 Å². The van der Waals surface area contributed by atoms with Crippen LogP contribution in [0.4, 0.5) is 0 Å². The van der Waals surface area contributed by atoms with Gasteiger partial charge in [0.05, 0.1) is 12.2 Å². The third-order valence-electron chi connectivity index (χ3n) is 5.02. The lowest BCUT2D eigenvalue weighted by Crippen LogP contribution is -2.12. The van der Waals surface area contributed by atoms with E-state index in [9.17, 15) is 10.1 Å². The van der Waals surface area contributed by atoms with Crippen LogP contribution >= 0.6 is 11.8 Å². The van der Waals surface area contributed by atoms with Crippen molar-refractivity contribution in [3.8, 4) is 28.3 Å². The molecule has 0 atom stereocenters. The largest absolute Gasteiger partial charge is 0.461 e. The molecule has 1 aromatic heterocycles. The molecule has 0 bridgehead atoms. The molecule has 0 aliphatic heterocycles. The number of carbonyl (C=O) groups is 1. The molecule has 0 fully saturated rings. The van der Waals surface area contributed by atoms with Gasteiger partial charge >= 0.3 is 5.97 Å². The summed E-state index contributed by atoms with van der Waals surface area (Å²) >= 11 is 1.71. The lowest BCUT2D eigenvalue weighted by Gasteiger charge is -2.10. The van der Waals surface area contributed by atoms with Gasteiger partial charge < -0.3 is 9.30 Å². The highest BCUT2D eigenvalue weighted by Crippen LogP contribution is 2.36. The number of ether oxygens (including phenoxy) is 1. The Kier molecular flexibility index (Phi) is 6.46. The predicted octanol–water partition coefficient (Wildman–Crippen LogP) is 5.69. The first-order valence-corrected chi connectivity index (χ1v) is 10.8. The summed E-state index contributed by atoms with van der Waals surface area (Å²) in [4.78, 5) is 13.9. The van der Waals surface area contributed by atoms with E-state index in [1.165, 1.54) is 10.5 Å². The quantitative estimate of drug-likeness (QED) is 0.391. The van der Waals surface area contributed by atoms with Crippen LogP contribution in [0.5, 0.6) is 0 Å². The molecule has 0 amide bonds. The van der Waals surface area contributed by atoms with Crippen molar-refractivity contribution >= 4 is 17.7 Å². The SMILES string of the molecule is CCOC(=O)c1c(-c2ccc(-c3ccccc3SC)cc2)c(C#N)c(CC)n1C. The fourth-order valence-corrected chi connectivity index (χ4v) is 4.31. The second-order valence-electron chi connectivity index (χ2n) is 6.57. The van der Waals surface area contributed by atoms with Crippen molar-refractivity contribution in [3.63, 3.8) is 0 Å². The topological polar surface area (TPSA) is 55.0 Å². The van der Waals surface area contributed by atoms with Gasteiger partial charge in [0.25, 0.3) is 0 Å². The number of rotatable bonds is 6. The Labute approximate surface area is 176 Å². The number of hydrogen-bond donors (Lipinski definition) is 0. The molecule has 148 valence electrons. The van der Waals surface area contributed by atoms with E-state index >= 15 is 0 Å². The summed E-state index contributed by atoms with van der Waals surface area (Å²) in [5, 5.41) is 9.82. The number of nitriles is 1. The van der Waals surface area contributed by atoms with Gasteiger partial charge in [-0.2, -0.15) is 5.26 Å². The van der Waals surface area contributed by atoms with Crippen LogP contribution in [0.2, 0.25) is 0 Å². The van der Waals surface area contributed by atoms with E-state index in [2.05, 4.69) is 24.5 Å². The minimum Gasteiger partial charge on any atom is -0.461 e. The highest BCUT2D eigenvalue weighted by molar-refractivity contribution is 7.98. The Bertz CT molecular complexity index is 1080. The van der Waals surface area contributed by atoms with Crippen LogP contribution in [0.15, 0.2) is 53.4 Å². The van der Waals surface area contributed by atoms with Crippen LogP contribution in [-0.2, 0) is 18.2 Å². The van der Waals surface area contributed by atoms with E-state index in [1.807, 2.05) is 50.4 Å². The van der Waals surface area contributed by atoms with Crippen molar-refractivity contribution in [1.29, 1.82) is 5.26 Å². The average molecular weight is 405 g/mol. The minimum atomic E-state index is -0.405. The van der Waals surface area contributed by atoms with Crippen molar-refractivity contribution in [3.05, 3.63) is 65.5 Å². The van der Waals surface area contributed by atoms with Crippen molar-refractivity contribution in [2.45, 2.75) is 25.2 Å². The standard InChI is InChI=1S/C24H24N2O2S/c1-5-20-19(15-25)22(23(26(20)3)24(27)28-6-2)17-13-11-16(12-14-17)18-9-7-8-10-21(18)29-4/h7-14H,5-6H2,1-4H3. The van der Waals surface area contributed by atoms with Gasteiger partial charge in [-0.25, -0.2) is 4.79 Å². The molecule has 2 aromatic carbocycles. The first kappa shape index (κ1) is 20.8. The minimum absolute atomic E-state index is 0.289. The molecule has 3 rings (SSSR count). The van der Waals surface area contributed by atoms with E-state index in [0.717, 1.165) is 16.8 Å². The smallest absolute Gasteiger partial charge is 0.355 e. The second kappa shape index (κ2) is 9.02. The van der Waals surface area contributed by atoms with Crippen LogP contribution in [0.1, 0.15) is 35.6 Å². The first-order valence-electron chi connectivity index (χ1n) is 9.59. The Morgan fingerprint density at radius 3 is 2.34 bits per heavy atom. The Morgan fingerprint density at radius 2 is 1.76 bits per heavy atom. The predicted molar refractivity (Wildman–Crippen MR) is 118 cm³/mol. The van der Waals surface area contributed by atoms with Crippen LogP contribution in [0.25, 0.3) is 22.3 Å². The number of nitrogens with zero attached hydrogens (tertiary/aromatic N) is 2. The molecule has 1 heterocycles. The molecule has 0 radical (unpaired) electrons. The van der Waals surface area contributed by atoms with E-state index in [1.54, 1.807) is 23.3 Å². The zero-order valence-electron chi connectivity index (χ0n) is 17.2. The monoisotopic (exact) mass is 404 g/mol. The van der Waals surface area contributed by atoms with Crippen LogP contribution in [-0.4, -0.2) is 23.4 Å². The van der Waals surface area contributed by atoms with Crippen molar-refractivity contribution < 1.29 is 9.53 Å². The molecule has 0 aliphatic rings. The van der Waals surface area contributed by atoms with Crippen LogP contribution in [0, 0.1) is 11.3 Å². The summed E-state index contributed by atoms with van der Waals surface area (Å²) in [6, 6.07) is 18.6. The summed E-state index contributed by atoms with van der Waals surface area (Å²) in [5.74, 6) is -0.405. The summed E-state index contributed by atoms with van der Waals surface area (Å²) in [5.41, 5.74) is 5.55. The molecule has 0 saturated heterocycles. The summed E-state index contributed by atoms with van der Waals surface area (Å²) < 4.78 is 7.07. The third kappa shape index (κ3) is 3.81. The summed E-state index contributed by atoms with van der Waals surface area (Å²) in [6.45, 7) is 4.05. The summed E-state index contributed by atoms with van der Waals surface area (Å²) in [6.07, 6.45) is 2.72. The third-order valence-corrected chi connectivity index (χ3v) is 5.82. The molecule has 3 aromatic rings. The normalized spacial score (nSPS) is 10.6. The molecule has 0 N–H and O–H groups in total. The van der Waals surface area contributed by atoms with Crippen molar-refractivity contribution in [1.82, 2.24) is 4.57 Å². The number of esters is 1. The lowest BCUT2D eigenvalue weighted by molar-refractivity contribution is 0.0516. The average Bonchev–Trinajstić information content (AvgIpc) is 3.05. The number of carbonyl (C=O) groups excluding carboxylic acids is 1. The fourth-order valence-electron chi connectivity index (χ4n) is 3.69. The molecule has 29 heavy (non-hydrogen) atoms. The molecular formula is C24H24N2O2S. The number of aromatic nitrogens is 1. The Morgan fingerprint density at radius 1 is 1.10 bits per heavy atom. The van der Waals surface area contributed by atoms with E-state index in [4.69, 9.17) is 4.74 Å². The maximum absolute atomic E-state index is 12.7. The fraction of sp³-hybridized carbons (Fsp3) is 0.250. The zero-order chi connectivity index (χ0) is 21.0. The maximum atomic E-state index is 12.7. The molecule has 0 aliphatic carbocycles. The number of thioether (sulfide) groups is 1. The number of hydrogen-bond acceptors (Lipinski definition) is 4. The zero-order valence-corrected chi connectivity index (χ0v) is 18.0.